The van der Waals surface area contributed by atoms with Crippen LogP contribution in [-0.4, -0.2) is 26.9 Å². The van der Waals surface area contributed by atoms with Crippen LogP contribution >= 0.6 is 15.9 Å². The molecule has 2 atom stereocenters. The van der Waals surface area contributed by atoms with Gasteiger partial charge in [-0.2, -0.15) is 0 Å². The molecule has 1 saturated heterocycles. The molecule has 0 saturated carbocycles. The summed E-state index contributed by atoms with van der Waals surface area (Å²) in [5, 5.41) is 0. The van der Waals surface area contributed by atoms with Crippen LogP contribution in [0.3, 0.4) is 0 Å². The Kier molecular flexibility index (Phi) is 5.93. The van der Waals surface area contributed by atoms with Gasteiger partial charge in [0.25, 0.3) is 0 Å². The van der Waals surface area contributed by atoms with Crippen LogP contribution in [0.15, 0.2) is 22.7 Å². The first kappa shape index (κ1) is 14.3. The molecule has 0 amide bonds. The molecule has 0 bridgehead atoms. The van der Waals surface area contributed by atoms with Gasteiger partial charge in [0, 0.05) is 26.9 Å². The minimum atomic E-state index is 0.595. The van der Waals surface area contributed by atoms with E-state index in [1.54, 1.807) is 7.11 Å². The van der Waals surface area contributed by atoms with Crippen molar-refractivity contribution in [3.63, 3.8) is 0 Å². The van der Waals surface area contributed by atoms with Crippen LogP contribution < -0.4 is 0 Å². The summed E-state index contributed by atoms with van der Waals surface area (Å²) < 4.78 is 12.0. The summed E-state index contributed by atoms with van der Waals surface area (Å²) in [5.74, 6) is 2.08. The highest BCUT2D eigenvalue weighted by Gasteiger charge is 2.27. The lowest BCUT2D eigenvalue weighted by Crippen LogP contribution is -2.24. The number of rotatable bonds is 5. The minimum Gasteiger partial charge on any atom is -0.385 e. The van der Waals surface area contributed by atoms with Crippen molar-refractivity contribution in [1.82, 2.24) is 0 Å². The number of allylic oxidation sites excluding steroid dienone is 4. The second kappa shape index (κ2) is 7.46. The number of ether oxygens (including phenoxy) is 2. The zero-order valence-corrected chi connectivity index (χ0v) is 12.7. The van der Waals surface area contributed by atoms with Crippen molar-refractivity contribution in [3.05, 3.63) is 22.7 Å². The van der Waals surface area contributed by atoms with Gasteiger partial charge < -0.3 is 9.47 Å². The van der Waals surface area contributed by atoms with Crippen molar-refractivity contribution in [1.29, 1.82) is 0 Å². The molecule has 0 spiro atoms. The summed E-state index contributed by atoms with van der Waals surface area (Å²) in [7, 11) is 1.78. The zero-order valence-electron chi connectivity index (χ0n) is 11.1. The van der Waals surface area contributed by atoms with E-state index in [4.69, 9.17) is 9.47 Å². The molecule has 2 nitrogen and oxygen atoms in total. The van der Waals surface area contributed by atoms with Crippen molar-refractivity contribution in [2.24, 2.45) is 17.8 Å². The SMILES string of the molecule is COCCC1C(Br)=CC=CC1CC1CCOCC1. The van der Waals surface area contributed by atoms with E-state index in [-0.39, 0.29) is 0 Å². The van der Waals surface area contributed by atoms with Gasteiger partial charge in [0.1, 0.15) is 0 Å². The van der Waals surface area contributed by atoms with Crippen LogP contribution in [0.25, 0.3) is 0 Å². The van der Waals surface area contributed by atoms with Gasteiger partial charge in [-0.1, -0.05) is 34.2 Å². The maximum atomic E-state index is 5.44. The third-order valence-electron chi connectivity index (χ3n) is 4.06. The highest BCUT2D eigenvalue weighted by molar-refractivity contribution is 9.11. The summed E-state index contributed by atoms with van der Waals surface area (Å²) in [4.78, 5) is 0. The zero-order chi connectivity index (χ0) is 12.8. The molecule has 0 radical (unpaired) electrons. The summed E-state index contributed by atoms with van der Waals surface area (Å²) in [6.07, 6.45) is 11.6. The first-order chi connectivity index (χ1) is 8.81. The van der Waals surface area contributed by atoms with E-state index in [0.717, 1.165) is 32.2 Å². The van der Waals surface area contributed by atoms with Crippen LogP contribution in [0.1, 0.15) is 25.7 Å². The number of hydrogen-bond acceptors (Lipinski definition) is 2. The van der Waals surface area contributed by atoms with E-state index in [9.17, 15) is 0 Å². The minimum absolute atomic E-state index is 0.595. The molecule has 0 aromatic heterocycles. The monoisotopic (exact) mass is 314 g/mol. The molecular weight excluding hydrogens is 292 g/mol. The maximum Gasteiger partial charge on any atom is 0.0468 e. The molecule has 0 aromatic rings. The normalized spacial score (nSPS) is 29.3. The quantitative estimate of drug-likeness (QED) is 0.765. The van der Waals surface area contributed by atoms with E-state index in [1.165, 1.54) is 23.7 Å². The topological polar surface area (TPSA) is 18.5 Å². The molecule has 1 aliphatic carbocycles. The highest BCUT2D eigenvalue weighted by Crippen LogP contribution is 2.38. The molecule has 0 aromatic carbocycles. The van der Waals surface area contributed by atoms with Gasteiger partial charge in [0.15, 0.2) is 0 Å². The van der Waals surface area contributed by atoms with Crippen LogP contribution in [0.5, 0.6) is 0 Å². The van der Waals surface area contributed by atoms with E-state index in [1.807, 2.05) is 0 Å². The second-order valence-electron chi connectivity index (χ2n) is 5.28. The molecule has 18 heavy (non-hydrogen) atoms. The molecule has 2 unspecified atom stereocenters. The lowest BCUT2D eigenvalue weighted by Gasteiger charge is -2.31. The standard InChI is InChI=1S/C15H23BrO2/c1-17-8-7-14-13(3-2-4-15(14)16)11-12-5-9-18-10-6-12/h2-4,12-14H,5-11H2,1H3. The van der Waals surface area contributed by atoms with E-state index < -0.39 is 0 Å². The Balaban J connectivity index is 1.91. The molecule has 3 heteroatoms. The molecule has 102 valence electrons. The largest absolute Gasteiger partial charge is 0.385 e. The third-order valence-corrected chi connectivity index (χ3v) is 4.92. The molecule has 1 aliphatic heterocycles. The number of hydrogen-bond donors (Lipinski definition) is 0. The Labute approximate surface area is 119 Å². The number of halogens is 1. The van der Waals surface area contributed by atoms with Crippen LogP contribution in [0.4, 0.5) is 0 Å². The summed E-state index contributed by atoms with van der Waals surface area (Å²) >= 11 is 3.72. The average Bonchev–Trinajstić information content (AvgIpc) is 2.39. The Morgan fingerprint density at radius 2 is 2.17 bits per heavy atom. The van der Waals surface area contributed by atoms with Gasteiger partial charge in [-0.3, -0.25) is 0 Å². The molecule has 1 fully saturated rings. The van der Waals surface area contributed by atoms with Crippen molar-refractivity contribution < 1.29 is 9.47 Å². The summed E-state index contributed by atoms with van der Waals surface area (Å²) in [5.41, 5.74) is 0. The maximum absolute atomic E-state index is 5.44. The van der Waals surface area contributed by atoms with Gasteiger partial charge in [-0.25, -0.2) is 0 Å². The molecular formula is C15H23BrO2. The van der Waals surface area contributed by atoms with Gasteiger partial charge in [0.2, 0.25) is 0 Å². The fourth-order valence-electron chi connectivity index (χ4n) is 2.96. The Morgan fingerprint density at radius 1 is 1.39 bits per heavy atom. The summed E-state index contributed by atoms with van der Waals surface area (Å²) in [6.45, 7) is 2.73. The Bertz CT molecular complexity index is 306. The summed E-state index contributed by atoms with van der Waals surface area (Å²) in [6, 6.07) is 0. The second-order valence-corrected chi connectivity index (χ2v) is 6.20. The Hall–Kier alpha value is -0.120. The first-order valence-corrected chi connectivity index (χ1v) is 7.71. The van der Waals surface area contributed by atoms with E-state index >= 15 is 0 Å². The number of methoxy groups -OCH3 is 1. The fraction of sp³-hybridized carbons (Fsp3) is 0.733. The van der Waals surface area contributed by atoms with Crippen molar-refractivity contribution in [3.8, 4) is 0 Å². The highest BCUT2D eigenvalue weighted by atomic mass is 79.9. The molecule has 2 aliphatic rings. The van der Waals surface area contributed by atoms with Crippen molar-refractivity contribution >= 4 is 15.9 Å². The molecule has 1 heterocycles. The Morgan fingerprint density at radius 3 is 2.89 bits per heavy atom. The van der Waals surface area contributed by atoms with Gasteiger partial charge in [0.05, 0.1) is 0 Å². The third kappa shape index (κ3) is 3.94. The lowest BCUT2D eigenvalue weighted by molar-refractivity contribution is 0.0577. The average molecular weight is 315 g/mol. The van der Waals surface area contributed by atoms with Crippen LogP contribution in [-0.2, 0) is 9.47 Å². The molecule has 0 N–H and O–H groups in total. The van der Waals surface area contributed by atoms with E-state index in [2.05, 4.69) is 34.2 Å². The fourth-order valence-corrected chi connectivity index (χ4v) is 3.68. The predicted octanol–water partition coefficient (Wildman–Crippen LogP) is 3.92. The predicted molar refractivity (Wildman–Crippen MR) is 77.8 cm³/mol. The van der Waals surface area contributed by atoms with Gasteiger partial charge >= 0.3 is 0 Å². The van der Waals surface area contributed by atoms with Gasteiger partial charge in [-0.05, 0) is 47.9 Å². The van der Waals surface area contributed by atoms with Crippen LogP contribution in [0, 0.1) is 17.8 Å². The van der Waals surface area contributed by atoms with Crippen LogP contribution in [0.2, 0.25) is 0 Å². The van der Waals surface area contributed by atoms with Crippen molar-refractivity contribution in [2.45, 2.75) is 25.7 Å². The molecule has 2 rings (SSSR count). The van der Waals surface area contributed by atoms with Crippen molar-refractivity contribution in [2.75, 3.05) is 26.9 Å². The van der Waals surface area contributed by atoms with Gasteiger partial charge in [-0.15, -0.1) is 0 Å². The van der Waals surface area contributed by atoms with E-state index in [0.29, 0.717) is 11.8 Å². The lowest BCUT2D eigenvalue weighted by atomic mass is 9.78. The smallest absolute Gasteiger partial charge is 0.0468 e. The first-order valence-electron chi connectivity index (χ1n) is 6.92.